The molecule has 2 heterocycles. The lowest BCUT2D eigenvalue weighted by atomic mass is 10.3. The molecule has 4 nitrogen and oxygen atoms in total. The van der Waals surface area contributed by atoms with Crippen molar-refractivity contribution in [1.29, 1.82) is 0 Å². The first-order valence-corrected chi connectivity index (χ1v) is 6.74. The van der Waals surface area contributed by atoms with E-state index in [1.54, 1.807) is 13.2 Å². The van der Waals surface area contributed by atoms with Crippen molar-refractivity contribution in [1.82, 2.24) is 9.97 Å². The van der Waals surface area contributed by atoms with Crippen LogP contribution in [0.1, 0.15) is 0 Å². The zero-order valence-corrected chi connectivity index (χ0v) is 11.5. The fourth-order valence-electron chi connectivity index (χ4n) is 1.66. The second kappa shape index (κ2) is 5.03. The first-order chi connectivity index (χ1) is 9.26. The molecule has 3 rings (SSSR count). The van der Waals surface area contributed by atoms with Crippen LogP contribution in [-0.4, -0.2) is 17.1 Å². The normalized spacial score (nSPS) is 10.6. The van der Waals surface area contributed by atoms with E-state index in [0.717, 1.165) is 16.0 Å². The van der Waals surface area contributed by atoms with Gasteiger partial charge < -0.3 is 9.47 Å². The molecule has 19 heavy (non-hydrogen) atoms. The molecule has 1 aromatic carbocycles. The van der Waals surface area contributed by atoms with Crippen molar-refractivity contribution in [3.8, 4) is 17.4 Å². The Morgan fingerprint density at radius 3 is 2.84 bits per heavy atom. The molecule has 6 heteroatoms. The van der Waals surface area contributed by atoms with Gasteiger partial charge in [0.05, 0.1) is 12.5 Å². The molecule has 96 valence electrons. The third-order valence-corrected chi connectivity index (χ3v) is 3.49. The molecule has 0 fully saturated rings. The standard InChI is InChI=1S/C13H9ClN2O2S/c1-17-8-3-2-4-9(7-8)18-11-10-5-6-19-12(10)16-13(14)15-11/h2-7H,1H3. The lowest BCUT2D eigenvalue weighted by molar-refractivity contribution is 0.408. The molecule has 0 radical (unpaired) electrons. The van der Waals surface area contributed by atoms with Crippen molar-refractivity contribution in [3.05, 3.63) is 41.0 Å². The van der Waals surface area contributed by atoms with E-state index in [2.05, 4.69) is 9.97 Å². The molecule has 0 aliphatic carbocycles. The van der Waals surface area contributed by atoms with Gasteiger partial charge in [0.25, 0.3) is 0 Å². The number of thiophene rings is 1. The van der Waals surface area contributed by atoms with Crippen molar-refractivity contribution >= 4 is 33.2 Å². The zero-order valence-electron chi connectivity index (χ0n) is 9.96. The van der Waals surface area contributed by atoms with Gasteiger partial charge >= 0.3 is 0 Å². The van der Waals surface area contributed by atoms with Gasteiger partial charge in [-0.05, 0) is 35.2 Å². The number of fused-ring (bicyclic) bond motifs is 1. The maximum Gasteiger partial charge on any atom is 0.232 e. The smallest absolute Gasteiger partial charge is 0.232 e. The summed E-state index contributed by atoms with van der Waals surface area (Å²) in [6, 6.07) is 9.22. The molecule has 0 bridgehead atoms. The topological polar surface area (TPSA) is 44.2 Å². The molecule has 0 aliphatic heterocycles. The van der Waals surface area contributed by atoms with Crippen LogP contribution in [0.15, 0.2) is 35.7 Å². The first kappa shape index (κ1) is 12.2. The number of nitrogens with zero attached hydrogens (tertiary/aromatic N) is 2. The molecule has 0 amide bonds. The highest BCUT2D eigenvalue weighted by atomic mass is 35.5. The molecule has 3 aromatic rings. The third-order valence-electron chi connectivity index (χ3n) is 2.52. The summed E-state index contributed by atoms with van der Waals surface area (Å²) < 4.78 is 10.9. The highest BCUT2D eigenvalue weighted by molar-refractivity contribution is 7.16. The predicted octanol–water partition coefficient (Wildman–Crippen LogP) is 4.15. The van der Waals surface area contributed by atoms with E-state index in [1.807, 2.05) is 29.6 Å². The Bertz CT molecular complexity index is 729. The van der Waals surface area contributed by atoms with Crippen molar-refractivity contribution in [2.24, 2.45) is 0 Å². The molecule has 0 N–H and O–H groups in total. The molecule has 0 saturated heterocycles. The Balaban J connectivity index is 2.02. The van der Waals surface area contributed by atoms with Gasteiger partial charge in [0.1, 0.15) is 16.3 Å². The lowest BCUT2D eigenvalue weighted by Gasteiger charge is -2.07. The van der Waals surface area contributed by atoms with Crippen LogP contribution >= 0.6 is 22.9 Å². The number of hydrogen-bond donors (Lipinski definition) is 0. The van der Waals surface area contributed by atoms with Gasteiger partial charge in [-0.1, -0.05) is 6.07 Å². The summed E-state index contributed by atoms with van der Waals surface area (Å²) in [6.07, 6.45) is 0. The predicted molar refractivity (Wildman–Crippen MR) is 75.5 cm³/mol. The summed E-state index contributed by atoms with van der Waals surface area (Å²) in [5.74, 6) is 1.81. The molecule has 2 aromatic heterocycles. The van der Waals surface area contributed by atoms with Crippen LogP contribution in [0.4, 0.5) is 0 Å². The third kappa shape index (κ3) is 2.47. The number of ether oxygens (including phenoxy) is 2. The Morgan fingerprint density at radius 1 is 1.16 bits per heavy atom. The number of hydrogen-bond acceptors (Lipinski definition) is 5. The Hall–Kier alpha value is -1.85. The van der Waals surface area contributed by atoms with E-state index in [4.69, 9.17) is 21.1 Å². The zero-order chi connectivity index (χ0) is 13.2. The van der Waals surface area contributed by atoms with Gasteiger partial charge in [-0.25, -0.2) is 4.98 Å². The molecule has 0 saturated carbocycles. The van der Waals surface area contributed by atoms with Crippen LogP contribution in [0.3, 0.4) is 0 Å². The summed E-state index contributed by atoms with van der Waals surface area (Å²) in [4.78, 5) is 9.07. The second-order valence-corrected chi connectivity index (χ2v) is 4.95. The quantitative estimate of drug-likeness (QED) is 0.680. The van der Waals surface area contributed by atoms with Crippen molar-refractivity contribution in [3.63, 3.8) is 0 Å². The summed E-state index contributed by atoms with van der Waals surface area (Å²) >= 11 is 7.38. The van der Waals surface area contributed by atoms with Gasteiger partial charge in [0, 0.05) is 6.07 Å². The summed E-state index contributed by atoms with van der Waals surface area (Å²) in [5, 5.41) is 2.94. The minimum Gasteiger partial charge on any atom is -0.497 e. The average molecular weight is 293 g/mol. The van der Waals surface area contributed by atoms with Crippen molar-refractivity contribution < 1.29 is 9.47 Å². The molecule has 0 atom stereocenters. The second-order valence-electron chi connectivity index (χ2n) is 3.72. The molecular formula is C13H9ClN2O2S. The van der Waals surface area contributed by atoms with E-state index >= 15 is 0 Å². The SMILES string of the molecule is COc1cccc(Oc2nc(Cl)nc3sccc23)c1. The first-order valence-electron chi connectivity index (χ1n) is 5.49. The van der Waals surface area contributed by atoms with Crippen LogP contribution in [0.2, 0.25) is 5.28 Å². The van der Waals surface area contributed by atoms with E-state index in [1.165, 1.54) is 11.3 Å². The lowest BCUT2D eigenvalue weighted by Crippen LogP contribution is -1.91. The minimum absolute atomic E-state index is 0.174. The molecule has 0 spiro atoms. The highest BCUT2D eigenvalue weighted by Gasteiger charge is 2.10. The molecule has 0 unspecified atom stereocenters. The summed E-state index contributed by atoms with van der Waals surface area (Å²) in [6.45, 7) is 0. The van der Waals surface area contributed by atoms with Gasteiger partial charge in [0.2, 0.25) is 11.2 Å². The van der Waals surface area contributed by atoms with Gasteiger partial charge in [-0.2, -0.15) is 4.98 Å². The summed E-state index contributed by atoms with van der Waals surface area (Å²) in [5.41, 5.74) is 0. The van der Waals surface area contributed by atoms with Crippen LogP contribution < -0.4 is 9.47 Å². The number of rotatable bonds is 3. The fourth-order valence-corrected chi connectivity index (χ4v) is 2.62. The van der Waals surface area contributed by atoms with Gasteiger partial charge in [-0.3, -0.25) is 0 Å². The average Bonchev–Trinajstić information content (AvgIpc) is 2.87. The largest absolute Gasteiger partial charge is 0.497 e. The van der Waals surface area contributed by atoms with Gasteiger partial charge in [-0.15, -0.1) is 11.3 Å². The Labute approximate surface area is 118 Å². The van der Waals surface area contributed by atoms with E-state index < -0.39 is 0 Å². The number of methoxy groups -OCH3 is 1. The van der Waals surface area contributed by atoms with Crippen LogP contribution in [-0.2, 0) is 0 Å². The van der Waals surface area contributed by atoms with Crippen LogP contribution in [0.5, 0.6) is 17.4 Å². The molecular weight excluding hydrogens is 284 g/mol. The van der Waals surface area contributed by atoms with Crippen LogP contribution in [0.25, 0.3) is 10.2 Å². The fraction of sp³-hybridized carbons (Fsp3) is 0.0769. The monoisotopic (exact) mass is 292 g/mol. The minimum atomic E-state index is 0.174. The van der Waals surface area contributed by atoms with E-state index in [-0.39, 0.29) is 5.28 Å². The van der Waals surface area contributed by atoms with Gasteiger partial charge in [0.15, 0.2) is 0 Å². The number of benzene rings is 1. The Kier molecular flexibility index (Phi) is 3.23. The maximum absolute atomic E-state index is 5.89. The van der Waals surface area contributed by atoms with E-state index in [9.17, 15) is 0 Å². The van der Waals surface area contributed by atoms with Crippen molar-refractivity contribution in [2.75, 3.05) is 7.11 Å². The van der Waals surface area contributed by atoms with Crippen LogP contribution in [0, 0.1) is 0 Å². The number of halogens is 1. The number of aromatic nitrogens is 2. The maximum atomic E-state index is 5.89. The summed E-state index contributed by atoms with van der Waals surface area (Å²) in [7, 11) is 1.61. The highest BCUT2D eigenvalue weighted by Crippen LogP contribution is 2.32. The molecule has 0 aliphatic rings. The Morgan fingerprint density at radius 2 is 2.00 bits per heavy atom. The van der Waals surface area contributed by atoms with E-state index in [0.29, 0.717) is 11.6 Å². The van der Waals surface area contributed by atoms with Crippen molar-refractivity contribution in [2.45, 2.75) is 0 Å².